The van der Waals surface area contributed by atoms with E-state index in [2.05, 4.69) is 29.1 Å². The Morgan fingerprint density at radius 3 is 3.06 bits per heavy atom. The Morgan fingerprint density at radius 2 is 2.24 bits per heavy atom. The minimum Gasteiger partial charge on any atom is -0.235 e. The lowest BCUT2D eigenvalue weighted by molar-refractivity contribution is 0.458. The van der Waals surface area contributed by atoms with Crippen molar-refractivity contribution in [1.29, 1.82) is 0 Å². The number of hydrogen-bond acceptors (Lipinski definition) is 3. The zero-order chi connectivity index (χ0) is 12.1. The minimum atomic E-state index is 0.834. The van der Waals surface area contributed by atoms with E-state index in [9.17, 15) is 0 Å². The summed E-state index contributed by atoms with van der Waals surface area (Å²) in [6, 6.07) is 3.84. The topological polar surface area (TPSA) is 43.6 Å². The molecule has 4 nitrogen and oxygen atoms in total. The summed E-state index contributed by atoms with van der Waals surface area (Å²) in [6.07, 6.45) is 6.77. The lowest BCUT2D eigenvalue weighted by atomic mass is 10.0. The molecule has 1 atom stereocenters. The number of pyridine rings is 1. The molecule has 92 valence electrons. The fourth-order valence-electron chi connectivity index (χ4n) is 1.92. The van der Waals surface area contributed by atoms with Crippen LogP contribution in [0, 0.1) is 5.92 Å². The van der Waals surface area contributed by atoms with Crippen LogP contribution < -0.4 is 0 Å². The second kappa shape index (κ2) is 5.75. The first-order chi connectivity index (χ1) is 8.31. The summed E-state index contributed by atoms with van der Waals surface area (Å²) in [7, 11) is 0. The van der Waals surface area contributed by atoms with Crippen molar-refractivity contribution in [3.63, 3.8) is 0 Å². The summed E-state index contributed by atoms with van der Waals surface area (Å²) in [5.41, 5.74) is 1.78. The number of rotatable bonds is 6. The first-order valence-electron chi connectivity index (χ1n) is 6.45. The Kier molecular flexibility index (Phi) is 4.07. The maximum Gasteiger partial charge on any atom is 0.178 e. The Bertz CT molecular complexity index is 463. The second-order valence-corrected chi connectivity index (χ2v) is 4.67. The Hall–Kier alpha value is -1.45. The quantitative estimate of drug-likeness (QED) is 0.719. The molecule has 0 saturated heterocycles. The van der Waals surface area contributed by atoms with Crippen molar-refractivity contribution >= 4 is 11.2 Å². The molecular weight excluding hydrogens is 212 g/mol. The molecule has 0 aliphatic heterocycles. The van der Waals surface area contributed by atoms with E-state index in [1.165, 1.54) is 19.3 Å². The summed E-state index contributed by atoms with van der Waals surface area (Å²) >= 11 is 0. The van der Waals surface area contributed by atoms with Gasteiger partial charge in [-0.15, -0.1) is 5.10 Å². The Labute approximate surface area is 102 Å². The fraction of sp³-hybridized carbons (Fsp3) is 0.615. The fourth-order valence-corrected chi connectivity index (χ4v) is 1.92. The van der Waals surface area contributed by atoms with Crippen LogP contribution >= 0.6 is 0 Å². The summed E-state index contributed by atoms with van der Waals surface area (Å²) in [5, 5.41) is 8.24. The van der Waals surface area contributed by atoms with Crippen molar-refractivity contribution in [2.75, 3.05) is 0 Å². The maximum absolute atomic E-state index is 4.31. The van der Waals surface area contributed by atoms with Crippen LogP contribution in [0.15, 0.2) is 18.3 Å². The van der Waals surface area contributed by atoms with Crippen LogP contribution in [0.1, 0.15) is 39.5 Å². The van der Waals surface area contributed by atoms with Gasteiger partial charge in [0.2, 0.25) is 0 Å². The standard InChI is InChI=1S/C13H20N4/c1-3-11(2)7-4-5-10-17-13-12(15-16-17)8-6-9-14-13/h6,8-9,11H,3-5,7,10H2,1-2H3. The van der Waals surface area contributed by atoms with Crippen molar-refractivity contribution in [3.05, 3.63) is 18.3 Å². The molecule has 1 unspecified atom stereocenters. The molecule has 0 fully saturated rings. The normalized spacial score (nSPS) is 13.1. The van der Waals surface area contributed by atoms with Crippen molar-refractivity contribution in [2.45, 2.75) is 46.1 Å². The lowest BCUT2D eigenvalue weighted by Gasteiger charge is -2.07. The third kappa shape index (κ3) is 3.02. The van der Waals surface area contributed by atoms with Gasteiger partial charge in [-0.2, -0.15) is 0 Å². The maximum atomic E-state index is 4.31. The summed E-state index contributed by atoms with van der Waals surface area (Å²) in [5.74, 6) is 0.834. The van der Waals surface area contributed by atoms with Gasteiger partial charge < -0.3 is 0 Å². The van der Waals surface area contributed by atoms with Crippen LogP contribution in [0.3, 0.4) is 0 Å². The van der Waals surface area contributed by atoms with Crippen LogP contribution in [0.25, 0.3) is 11.2 Å². The van der Waals surface area contributed by atoms with Gasteiger partial charge in [0.25, 0.3) is 0 Å². The first kappa shape index (κ1) is 12.0. The van der Waals surface area contributed by atoms with Gasteiger partial charge in [0.15, 0.2) is 5.65 Å². The number of aromatic nitrogens is 4. The highest BCUT2D eigenvalue weighted by atomic mass is 15.4. The van der Waals surface area contributed by atoms with Gasteiger partial charge in [-0.05, 0) is 24.5 Å². The van der Waals surface area contributed by atoms with Gasteiger partial charge in [-0.1, -0.05) is 38.3 Å². The third-order valence-electron chi connectivity index (χ3n) is 3.28. The van der Waals surface area contributed by atoms with Gasteiger partial charge >= 0.3 is 0 Å². The molecule has 0 aliphatic carbocycles. The van der Waals surface area contributed by atoms with E-state index < -0.39 is 0 Å². The largest absolute Gasteiger partial charge is 0.235 e. The smallest absolute Gasteiger partial charge is 0.178 e. The van der Waals surface area contributed by atoms with E-state index in [0.29, 0.717) is 0 Å². The average Bonchev–Trinajstić information content (AvgIpc) is 2.78. The first-order valence-corrected chi connectivity index (χ1v) is 6.45. The Balaban J connectivity index is 1.87. The number of hydrogen-bond donors (Lipinski definition) is 0. The van der Waals surface area contributed by atoms with E-state index >= 15 is 0 Å². The van der Waals surface area contributed by atoms with Crippen LogP contribution in [-0.2, 0) is 6.54 Å². The molecule has 2 aromatic rings. The number of unbranched alkanes of at least 4 members (excludes halogenated alkanes) is 1. The molecule has 2 aromatic heterocycles. The molecular formula is C13H20N4. The highest BCUT2D eigenvalue weighted by molar-refractivity contribution is 5.68. The molecule has 0 spiro atoms. The van der Waals surface area contributed by atoms with E-state index in [4.69, 9.17) is 0 Å². The van der Waals surface area contributed by atoms with Crippen LogP contribution in [0.4, 0.5) is 0 Å². The monoisotopic (exact) mass is 232 g/mol. The minimum absolute atomic E-state index is 0.834. The van der Waals surface area contributed by atoms with Crippen LogP contribution in [0.2, 0.25) is 0 Å². The predicted octanol–water partition coefficient (Wildman–Crippen LogP) is 3.04. The summed E-state index contributed by atoms with van der Waals surface area (Å²) < 4.78 is 1.91. The highest BCUT2D eigenvalue weighted by Crippen LogP contribution is 2.12. The molecule has 17 heavy (non-hydrogen) atoms. The molecule has 0 aromatic carbocycles. The van der Waals surface area contributed by atoms with Gasteiger partial charge in [0.1, 0.15) is 5.52 Å². The predicted molar refractivity (Wildman–Crippen MR) is 68.6 cm³/mol. The number of fused-ring (bicyclic) bond motifs is 1. The molecule has 4 heteroatoms. The Morgan fingerprint density at radius 1 is 1.35 bits per heavy atom. The van der Waals surface area contributed by atoms with Crippen LogP contribution in [0.5, 0.6) is 0 Å². The van der Waals surface area contributed by atoms with Crippen molar-refractivity contribution < 1.29 is 0 Å². The SMILES string of the molecule is CCC(C)CCCCn1nnc2cccnc21. The number of aryl methyl sites for hydroxylation is 1. The van der Waals surface area contributed by atoms with Crippen LogP contribution in [-0.4, -0.2) is 20.0 Å². The molecule has 2 heterocycles. The van der Waals surface area contributed by atoms with Crippen molar-refractivity contribution in [3.8, 4) is 0 Å². The van der Waals surface area contributed by atoms with Gasteiger partial charge in [-0.25, -0.2) is 9.67 Å². The molecule has 0 saturated carbocycles. The van der Waals surface area contributed by atoms with Crippen molar-refractivity contribution in [1.82, 2.24) is 20.0 Å². The number of nitrogens with zero attached hydrogens (tertiary/aromatic N) is 4. The highest BCUT2D eigenvalue weighted by Gasteiger charge is 2.04. The lowest BCUT2D eigenvalue weighted by Crippen LogP contribution is -2.02. The van der Waals surface area contributed by atoms with E-state index in [1.807, 2.05) is 16.8 Å². The average molecular weight is 232 g/mol. The summed E-state index contributed by atoms with van der Waals surface area (Å²) in [6.45, 7) is 5.48. The molecule has 0 radical (unpaired) electrons. The summed E-state index contributed by atoms with van der Waals surface area (Å²) in [4.78, 5) is 4.31. The molecule has 0 N–H and O–H groups in total. The van der Waals surface area contributed by atoms with Gasteiger partial charge in [0.05, 0.1) is 0 Å². The van der Waals surface area contributed by atoms with E-state index in [0.717, 1.165) is 30.0 Å². The van der Waals surface area contributed by atoms with E-state index in [1.54, 1.807) is 6.20 Å². The molecule has 0 amide bonds. The zero-order valence-corrected chi connectivity index (χ0v) is 10.6. The third-order valence-corrected chi connectivity index (χ3v) is 3.28. The molecule has 2 rings (SSSR count). The van der Waals surface area contributed by atoms with Gasteiger partial charge in [-0.3, -0.25) is 0 Å². The zero-order valence-electron chi connectivity index (χ0n) is 10.6. The van der Waals surface area contributed by atoms with Gasteiger partial charge in [0, 0.05) is 12.7 Å². The second-order valence-electron chi connectivity index (χ2n) is 4.67. The molecule has 0 bridgehead atoms. The van der Waals surface area contributed by atoms with Crippen molar-refractivity contribution in [2.24, 2.45) is 5.92 Å². The molecule has 0 aliphatic rings. The van der Waals surface area contributed by atoms with E-state index in [-0.39, 0.29) is 0 Å².